The van der Waals surface area contributed by atoms with E-state index in [1.54, 1.807) is 24.3 Å². The highest BCUT2D eigenvalue weighted by molar-refractivity contribution is 9.10. The number of carbonyl (C=O) groups is 1. The Bertz CT molecular complexity index is 470. The number of hydrogen-bond acceptors (Lipinski definition) is 3. The number of aliphatic hydroxyl groups excluding tert-OH is 1. The highest BCUT2D eigenvalue weighted by atomic mass is 79.9. The minimum atomic E-state index is -0.340. The van der Waals surface area contributed by atoms with Crippen LogP contribution in [0.15, 0.2) is 22.0 Å². The molecule has 2 heterocycles. The van der Waals surface area contributed by atoms with Crippen LogP contribution in [0.5, 0.6) is 0 Å². The summed E-state index contributed by atoms with van der Waals surface area (Å²) in [4.78, 5) is 15.0. The predicted octanol–water partition coefficient (Wildman–Crippen LogP) is 3.14. The van der Waals surface area contributed by atoms with E-state index in [0.29, 0.717) is 6.54 Å². The fraction of sp³-hybridized carbons (Fsp3) is 0.500. The molecule has 104 valence electrons. The van der Waals surface area contributed by atoms with Gasteiger partial charge in [0.15, 0.2) is 0 Å². The Labute approximate surface area is 126 Å². The van der Waals surface area contributed by atoms with Crippen LogP contribution >= 0.6 is 27.3 Å². The first-order valence-electron chi connectivity index (χ1n) is 6.45. The van der Waals surface area contributed by atoms with Crippen LogP contribution in [0.2, 0.25) is 0 Å². The molecular weight excluding hydrogens is 326 g/mol. The van der Waals surface area contributed by atoms with Gasteiger partial charge in [0.1, 0.15) is 0 Å². The summed E-state index contributed by atoms with van der Waals surface area (Å²) in [5, 5.41) is 11.6. The van der Waals surface area contributed by atoms with Crippen molar-refractivity contribution in [3.8, 4) is 0 Å². The number of halogens is 1. The van der Waals surface area contributed by atoms with Crippen molar-refractivity contribution in [1.82, 2.24) is 4.90 Å². The van der Waals surface area contributed by atoms with Gasteiger partial charge in [0.2, 0.25) is 5.91 Å². The Morgan fingerprint density at radius 1 is 1.68 bits per heavy atom. The Morgan fingerprint density at radius 2 is 2.47 bits per heavy atom. The van der Waals surface area contributed by atoms with Gasteiger partial charge in [0.25, 0.3) is 0 Å². The molecule has 0 aliphatic carbocycles. The topological polar surface area (TPSA) is 40.5 Å². The summed E-state index contributed by atoms with van der Waals surface area (Å²) in [6.07, 6.45) is 5.11. The smallest absolute Gasteiger partial charge is 0.246 e. The molecule has 19 heavy (non-hydrogen) atoms. The van der Waals surface area contributed by atoms with E-state index >= 15 is 0 Å². The van der Waals surface area contributed by atoms with Gasteiger partial charge < -0.3 is 10.0 Å². The number of carbonyl (C=O) groups excluding carboxylic acids is 1. The van der Waals surface area contributed by atoms with Gasteiger partial charge in [-0.1, -0.05) is 0 Å². The molecule has 1 aliphatic rings. The Hall–Kier alpha value is -0.650. The summed E-state index contributed by atoms with van der Waals surface area (Å²) in [5.74, 6) is 0.247. The maximum atomic E-state index is 12.1. The average molecular weight is 344 g/mol. The third kappa shape index (κ3) is 4.16. The van der Waals surface area contributed by atoms with Gasteiger partial charge in [0, 0.05) is 39.8 Å². The Morgan fingerprint density at radius 3 is 3.11 bits per heavy atom. The van der Waals surface area contributed by atoms with Crippen LogP contribution in [0.3, 0.4) is 0 Å². The van der Waals surface area contributed by atoms with Gasteiger partial charge in [-0.2, -0.15) is 0 Å². The van der Waals surface area contributed by atoms with Crippen molar-refractivity contribution in [2.24, 2.45) is 5.92 Å². The molecule has 0 spiro atoms. The molecule has 0 bridgehead atoms. The molecule has 1 amide bonds. The van der Waals surface area contributed by atoms with Crippen LogP contribution in [0.1, 0.15) is 24.6 Å². The number of piperidine rings is 1. The summed E-state index contributed by atoms with van der Waals surface area (Å²) in [6.45, 7) is 3.26. The first-order chi connectivity index (χ1) is 9.06. The lowest BCUT2D eigenvalue weighted by molar-refractivity contribution is -0.128. The quantitative estimate of drug-likeness (QED) is 0.856. The minimum Gasteiger partial charge on any atom is -0.393 e. The van der Waals surface area contributed by atoms with Crippen molar-refractivity contribution in [1.29, 1.82) is 0 Å². The molecule has 5 heteroatoms. The third-order valence-corrected chi connectivity index (χ3v) is 5.09. The van der Waals surface area contributed by atoms with Crippen LogP contribution in [0.25, 0.3) is 6.08 Å². The van der Waals surface area contributed by atoms with Crippen LogP contribution in [0.4, 0.5) is 0 Å². The van der Waals surface area contributed by atoms with Crippen molar-refractivity contribution in [3.05, 3.63) is 26.9 Å². The van der Waals surface area contributed by atoms with E-state index in [-0.39, 0.29) is 17.9 Å². The molecule has 0 radical (unpaired) electrons. The second-order valence-corrected chi connectivity index (χ2v) is 6.79. The molecular formula is C14H18BrNO2S. The molecule has 1 saturated heterocycles. The fourth-order valence-corrected chi connectivity index (χ4v) is 3.62. The zero-order chi connectivity index (χ0) is 13.8. The van der Waals surface area contributed by atoms with Crippen molar-refractivity contribution in [3.63, 3.8) is 0 Å². The molecule has 1 N–H and O–H groups in total. The molecule has 1 aromatic heterocycles. The minimum absolute atomic E-state index is 0.0369. The van der Waals surface area contributed by atoms with Crippen LogP contribution in [-0.4, -0.2) is 35.1 Å². The number of hydrogen-bond donors (Lipinski definition) is 1. The number of amides is 1. The van der Waals surface area contributed by atoms with Gasteiger partial charge >= 0.3 is 0 Å². The number of aliphatic hydroxyl groups is 1. The van der Waals surface area contributed by atoms with Crippen molar-refractivity contribution in [2.45, 2.75) is 25.9 Å². The molecule has 1 fully saturated rings. The highest BCUT2D eigenvalue weighted by Crippen LogP contribution is 2.22. The third-order valence-electron chi connectivity index (χ3n) is 3.43. The van der Waals surface area contributed by atoms with Gasteiger partial charge in [-0.05, 0) is 47.8 Å². The van der Waals surface area contributed by atoms with E-state index in [1.807, 2.05) is 22.4 Å². The van der Waals surface area contributed by atoms with Crippen molar-refractivity contribution in [2.75, 3.05) is 13.1 Å². The summed E-state index contributed by atoms with van der Waals surface area (Å²) in [5.41, 5.74) is 0. The lowest BCUT2D eigenvalue weighted by Gasteiger charge is -2.33. The maximum absolute atomic E-state index is 12.1. The Balaban J connectivity index is 1.94. The first-order valence-corrected chi connectivity index (χ1v) is 8.12. The van der Waals surface area contributed by atoms with E-state index < -0.39 is 0 Å². The summed E-state index contributed by atoms with van der Waals surface area (Å²) < 4.78 is 1.04. The van der Waals surface area contributed by atoms with Gasteiger partial charge in [-0.25, -0.2) is 0 Å². The number of nitrogens with zero attached hydrogens (tertiary/aromatic N) is 1. The fourth-order valence-electron chi connectivity index (χ4n) is 2.28. The number of thiophene rings is 1. The molecule has 1 aromatic rings. The van der Waals surface area contributed by atoms with Crippen LogP contribution < -0.4 is 0 Å². The second-order valence-electron chi connectivity index (χ2n) is 4.93. The summed E-state index contributed by atoms with van der Waals surface area (Å²) >= 11 is 4.99. The lowest BCUT2D eigenvalue weighted by Crippen LogP contribution is -2.42. The zero-order valence-corrected chi connectivity index (χ0v) is 13.3. The predicted molar refractivity (Wildman–Crippen MR) is 82.0 cm³/mol. The van der Waals surface area contributed by atoms with Gasteiger partial charge in [0.05, 0.1) is 6.10 Å². The standard InChI is InChI=1S/C14H18BrNO2S/c1-10(17)11-3-2-6-16(8-11)14(18)5-4-13-7-12(15)9-19-13/h4-5,7,9-11,17H,2-3,6,8H2,1H3/b5-4+. The van der Waals surface area contributed by atoms with Crippen molar-refractivity contribution >= 4 is 39.2 Å². The average Bonchev–Trinajstić information content (AvgIpc) is 2.82. The molecule has 0 saturated carbocycles. The first kappa shape index (κ1) is 14.8. The maximum Gasteiger partial charge on any atom is 0.246 e. The normalized spacial score (nSPS) is 21.8. The van der Waals surface area contributed by atoms with Crippen molar-refractivity contribution < 1.29 is 9.90 Å². The monoisotopic (exact) mass is 343 g/mol. The SMILES string of the molecule is CC(O)C1CCCN(C(=O)/C=C/c2cc(Br)cs2)C1. The second kappa shape index (κ2) is 6.68. The Kier molecular flexibility index (Phi) is 5.19. The van der Waals surface area contributed by atoms with E-state index in [4.69, 9.17) is 0 Å². The highest BCUT2D eigenvalue weighted by Gasteiger charge is 2.25. The largest absolute Gasteiger partial charge is 0.393 e. The lowest BCUT2D eigenvalue weighted by atomic mass is 9.93. The van der Waals surface area contributed by atoms with E-state index in [9.17, 15) is 9.90 Å². The summed E-state index contributed by atoms with van der Waals surface area (Å²) in [6, 6.07) is 1.99. The summed E-state index contributed by atoms with van der Waals surface area (Å²) in [7, 11) is 0. The molecule has 1 aliphatic heterocycles. The zero-order valence-electron chi connectivity index (χ0n) is 10.9. The van der Waals surface area contributed by atoms with Crippen LogP contribution in [0, 0.1) is 5.92 Å². The molecule has 2 atom stereocenters. The molecule has 2 unspecified atom stereocenters. The van der Waals surface area contributed by atoms with Gasteiger partial charge in [-0.3, -0.25) is 4.79 Å². The molecule has 2 rings (SSSR count). The van der Waals surface area contributed by atoms with Gasteiger partial charge in [-0.15, -0.1) is 11.3 Å². The van der Waals surface area contributed by atoms with E-state index in [2.05, 4.69) is 15.9 Å². The molecule has 0 aromatic carbocycles. The van der Waals surface area contributed by atoms with Crippen LogP contribution in [-0.2, 0) is 4.79 Å². The van der Waals surface area contributed by atoms with E-state index in [0.717, 1.165) is 28.7 Å². The van der Waals surface area contributed by atoms with E-state index in [1.165, 1.54) is 0 Å². The number of rotatable bonds is 3. The molecule has 3 nitrogen and oxygen atoms in total. The number of likely N-dealkylation sites (tertiary alicyclic amines) is 1.